The van der Waals surface area contributed by atoms with Gasteiger partial charge in [-0.1, -0.05) is 27.7 Å². The van der Waals surface area contributed by atoms with Crippen LogP contribution in [0.5, 0.6) is 0 Å². The second-order valence-corrected chi connectivity index (χ2v) is 16.4. The molecule has 1 aliphatic carbocycles. The zero-order valence-corrected chi connectivity index (χ0v) is 21.5. The van der Waals surface area contributed by atoms with E-state index in [2.05, 4.69) is 33.9 Å². The number of carbonyl (C=O) groups is 1. The van der Waals surface area contributed by atoms with Gasteiger partial charge in [-0.3, -0.25) is 4.79 Å². The topological polar surface area (TPSA) is 83.5 Å². The van der Waals surface area contributed by atoms with Gasteiger partial charge in [0.2, 0.25) is 0 Å². The summed E-state index contributed by atoms with van der Waals surface area (Å²) in [5, 5.41) is 11.9. The number of carbonyl (C=O) groups excluding carboxylic acids is 1. The Morgan fingerprint density at radius 3 is 2.27 bits per heavy atom. The van der Waals surface area contributed by atoms with Crippen molar-refractivity contribution in [1.82, 2.24) is 0 Å². The van der Waals surface area contributed by atoms with Crippen molar-refractivity contribution in [2.75, 3.05) is 20.5 Å². The molecule has 0 amide bonds. The normalized spacial score (nSPS) is 35.3. The van der Waals surface area contributed by atoms with Gasteiger partial charge in [-0.15, -0.1) is 0 Å². The first-order chi connectivity index (χ1) is 13.5. The third-order valence-corrected chi connectivity index (χ3v) is 11.3. The first-order valence-corrected chi connectivity index (χ1v) is 13.7. The summed E-state index contributed by atoms with van der Waals surface area (Å²) in [4.78, 5) is 12.4. The number of rotatable bonds is 7. The summed E-state index contributed by atoms with van der Waals surface area (Å²) in [5.41, 5.74) is -2.58. The molecule has 2 fully saturated rings. The van der Waals surface area contributed by atoms with E-state index in [1.54, 1.807) is 0 Å². The van der Waals surface area contributed by atoms with Crippen LogP contribution in [0.4, 0.5) is 0 Å². The van der Waals surface area contributed by atoms with E-state index in [1.165, 1.54) is 7.11 Å². The minimum absolute atomic E-state index is 0.0361. The lowest BCUT2D eigenvalue weighted by Crippen LogP contribution is -2.70. The summed E-state index contributed by atoms with van der Waals surface area (Å²) in [6, 6.07) is 0. The fourth-order valence-corrected chi connectivity index (χ4v) is 5.62. The molecule has 30 heavy (non-hydrogen) atoms. The summed E-state index contributed by atoms with van der Waals surface area (Å²) >= 11 is 0. The van der Waals surface area contributed by atoms with E-state index < -0.39 is 37.1 Å². The molecule has 0 bridgehead atoms. The predicted molar refractivity (Wildman–Crippen MR) is 117 cm³/mol. The summed E-state index contributed by atoms with van der Waals surface area (Å²) in [6.07, 6.45) is -1.03. The predicted octanol–water partition coefficient (Wildman–Crippen LogP) is 3.64. The Morgan fingerprint density at radius 2 is 1.77 bits per heavy atom. The molecular formula is C22H42O7Si. The van der Waals surface area contributed by atoms with Crippen molar-refractivity contribution in [1.29, 1.82) is 0 Å². The Labute approximate surface area is 182 Å². The van der Waals surface area contributed by atoms with Crippen molar-refractivity contribution < 1.29 is 33.3 Å². The van der Waals surface area contributed by atoms with Crippen LogP contribution in [0.15, 0.2) is 0 Å². The van der Waals surface area contributed by atoms with Gasteiger partial charge >= 0.3 is 5.97 Å². The molecular weight excluding hydrogens is 404 g/mol. The highest BCUT2D eigenvalue weighted by atomic mass is 28.4. The van der Waals surface area contributed by atoms with E-state index in [4.69, 9.17) is 23.4 Å². The second-order valence-electron chi connectivity index (χ2n) is 11.6. The van der Waals surface area contributed by atoms with E-state index in [1.807, 2.05) is 27.7 Å². The van der Waals surface area contributed by atoms with Gasteiger partial charge < -0.3 is 28.5 Å². The van der Waals surface area contributed by atoms with Crippen LogP contribution in [0.1, 0.15) is 61.3 Å². The van der Waals surface area contributed by atoms with Crippen LogP contribution in [-0.2, 0) is 28.2 Å². The van der Waals surface area contributed by atoms with Crippen LogP contribution < -0.4 is 0 Å². The largest absolute Gasteiger partial charge is 0.458 e. The van der Waals surface area contributed by atoms with Crippen molar-refractivity contribution in [3.8, 4) is 0 Å². The molecule has 1 saturated heterocycles. The fourth-order valence-electron chi connectivity index (χ4n) is 4.25. The van der Waals surface area contributed by atoms with E-state index in [0.717, 1.165) is 0 Å². The van der Waals surface area contributed by atoms with E-state index in [-0.39, 0.29) is 36.9 Å². The molecule has 8 heteroatoms. The SMILES string of the molecule is COCOC[C@]1(O)[C@@H](O[Si](C)(C)C(C)(C)C)C[C@H](OC(C)(C)C)[C@@]2(C)CC(=O)O[C@H]21. The molecule has 1 aliphatic heterocycles. The van der Waals surface area contributed by atoms with Crippen molar-refractivity contribution in [2.24, 2.45) is 5.41 Å². The summed E-state index contributed by atoms with van der Waals surface area (Å²) < 4.78 is 29.5. The van der Waals surface area contributed by atoms with Gasteiger partial charge in [0.05, 0.1) is 30.8 Å². The molecule has 176 valence electrons. The minimum Gasteiger partial charge on any atom is -0.458 e. The van der Waals surface area contributed by atoms with Crippen LogP contribution in [-0.4, -0.2) is 69.4 Å². The quantitative estimate of drug-likeness (QED) is 0.277. The highest BCUT2D eigenvalue weighted by Crippen LogP contribution is 2.54. The van der Waals surface area contributed by atoms with Crippen molar-refractivity contribution in [3.05, 3.63) is 0 Å². The number of ether oxygens (including phenoxy) is 4. The van der Waals surface area contributed by atoms with Crippen molar-refractivity contribution >= 4 is 14.3 Å². The highest BCUT2D eigenvalue weighted by Gasteiger charge is 2.67. The average molecular weight is 447 g/mol. The maximum Gasteiger partial charge on any atom is 0.306 e. The average Bonchev–Trinajstić information content (AvgIpc) is 2.87. The zero-order chi connectivity index (χ0) is 23.2. The van der Waals surface area contributed by atoms with Gasteiger partial charge in [0.1, 0.15) is 12.9 Å². The molecule has 1 saturated carbocycles. The number of aliphatic hydroxyl groups is 1. The van der Waals surface area contributed by atoms with Crippen LogP contribution >= 0.6 is 0 Å². The molecule has 1 N–H and O–H groups in total. The van der Waals surface area contributed by atoms with Crippen molar-refractivity contribution in [3.63, 3.8) is 0 Å². The highest BCUT2D eigenvalue weighted by molar-refractivity contribution is 6.74. The Kier molecular flexibility index (Phi) is 7.25. The molecule has 7 nitrogen and oxygen atoms in total. The lowest BCUT2D eigenvalue weighted by atomic mass is 9.63. The fraction of sp³-hybridized carbons (Fsp3) is 0.955. The number of esters is 1. The molecule has 0 unspecified atom stereocenters. The molecule has 5 atom stereocenters. The first kappa shape index (κ1) is 25.7. The molecule has 0 aromatic heterocycles. The molecule has 2 rings (SSSR count). The van der Waals surface area contributed by atoms with Gasteiger partial charge in [0.15, 0.2) is 13.9 Å². The molecule has 2 aliphatic rings. The van der Waals surface area contributed by atoms with Gasteiger partial charge in [-0.2, -0.15) is 0 Å². The van der Waals surface area contributed by atoms with Gasteiger partial charge in [-0.25, -0.2) is 0 Å². The first-order valence-electron chi connectivity index (χ1n) is 10.8. The van der Waals surface area contributed by atoms with Crippen LogP contribution in [0.25, 0.3) is 0 Å². The van der Waals surface area contributed by atoms with Crippen LogP contribution in [0.3, 0.4) is 0 Å². The minimum atomic E-state index is -2.25. The van der Waals surface area contributed by atoms with Crippen LogP contribution in [0, 0.1) is 5.41 Å². The maximum absolute atomic E-state index is 12.4. The lowest BCUT2D eigenvalue weighted by Gasteiger charge is -2.55. The molecule has 0 spiro atoms. The Hall–Kier alpha value is -0.513. The maximum atomic E-state index is 12.4. The van der Waals surface area contributed by atoms with Crippen molar-refractivity contribution in [2.45, 2.75) is 109 Å². The standard InChI is InChI=1S/C22H42O7Si/c1-19(2,3)28-15-11-16(29-30(9,10)20(4,5)6)22(24,13-26-14-25-8)18-21(15,7)12-17(23)27-18/h15-16,18,24H,11-14H2,1-10H3/t15-,16-,18+,21+,22-/m0/s1. The molecule has 0 aromatic rings. The van der Waals surface area contributed by atoms with Gasteiger partial charge in [-0.05, 0) is 38.9 Å². The van der Waals surface area contributed by atoms with Gasteiger partial charge in [0, 0.05) is 18.9 Å². The van der Waals surface area contributed by atoms with E-state index >= 15 is 0 Å². The summed E-state index contributed by atoms with van der Waals surface area (Å²) in [6.45, 7) is 18.7. The van der Waals surface area contributed by atoms with E-state index in [9.17, 15) is 9.90 Å². The number of methoxy groups -OCH3 is 1. The lowest BCUT2D eigenvalue weighted by molar-refractivity contribution is -0.263. The number of hydrogen-bond donors (Lipinski definition) is 1. The smallest absolute Gasteiger partial charge is 0.306 e. The monoisotopic (exact) mass is 446 g/mol. The molecule has 0 aromatic carbocycles. The molecule has 0 radical (unpaired) electrons. The number of hydrogen-bond acceptors (Lipinski definition) is 7. The second kappa shape index (κ2) is 8.44. The molecule has 1 heterocycles. The van der Waals surface area contributed by atoms with Gasteiger partial charge in [0.25, 0.3) is 0 Å². The van der Waals surface area contributed by atoms with Crippen LogP contribution in [0.2, 0.25) is 18.1 Å². The third kappa shape index (κ3) is 5.10. The Morgan fingerprint density at radius 1 is 1.17 bits per heavy atom. The van der Waals surface area contributed by atoms with E-state index in [0.29, 0.717) is 6.42 Å². The Balaban J connectivity index is 2.48. The summed E-state index contributed by atoms with van der Waals surface area (Å²) in [5.74, 6) is -0.330. The number of fused-ring (bicyclic) bond motifs is 1. The third-order valence-electron chi connectivity index (χ3n) is 6.82. The Bertz CT molecular complexity index is 624. The zero-order valence-electron chi connectivity index (χ0n) is 20.5. The summed E-state index contributed by atoms with van der Waals surface area (Å²) in [7, 11) is -0.716.